The molecule has 106 valence electrons. The van der Waals surface area contributed by atoms with Crippen molar-refractivity contribution in [2.45, 2.75) is 26.1 Å². The predicted molar refractivity (Wildman–Crippen MR) is 82.5 cm³/mol. The average molecular weight is 311 g/mol. The van der Waals surface area contributed by atoms with E-state index in [0.29, 0.717) is 23.1 Å². The molecule has 1 atom stereocenters. The Morgan fingerprint density at radius 3 is 2.40 bits per heavy atom. The first-order valence-electron chi connectivity index (χ1n) is 6.45. The molecule has 2 rings (SSSR count). The quantitative estimate of drug-likeness (QED) is 0.840. The summed E-state index contributed by atoms with van der Waals surface area (Å²) in [5, 5.41) is 10.9. The van der Waals surface area contributed by atoms with E-state index in [1.165, 1.54) is 0 Å². The van der Waals surface area contributed by atoms with Crippen LogP contribution in [-0.2, 0) is 6.61 Å². The number of hydrogen-bond acceptors (Lipinski definition) is 2. The number of rotatable bonds is 5. The van der Waals surface area contributed by atoms with Crippen LogP contribution in [0.3, 0.4) is 0 Å². The van der Waals surface area contributed by atoms with Crippen LogP contribution in [0, 0.1) is 0 Å². The van der Waals surface area contributed by atoms with E-state index in [-0.39, 0.29) is 0 Å². The van der Waals surface area contributed by atoms with Crippen LogP contribution in [0.5, 0.6) is 5.75 Å². The first-order chi connectivity index (χ1) is 9.60. The van der Waals surface area contributed by atoms with Gasteiger partial charge in [0.25, 0.3) is 0 Å². The number of aliphatic hydroxyl groups excluding tert-OH is 1. The predicted octanol–water partition coefficient (Wildman–Crippen LogP) is 5.02. The Morgan fingerprint density at radius 2 is 1.80 bits per heavy atom. The molecular weight excluding hydrogens is 295 g/mol. The summed E-state index contributed by atoms with van der Waals surface area (Å²) in [6.45, 7) is 2.32. The molecule has 2 aromatic rings. The Hall–Kier alpha value is -1.22. The molecule has 0 aromatic heterocycles. The summed E-state index contributed by atoms with van der Waals surface area (Å²) >= 11 is 11.9. The van der Waals surface area contributed by atoms with E-state index >= 15 is 0 Å². The maximum Gasteiger partial charge on any atom is 0.119 e. The second kappa shape index (κ2) is 6.98. The Bertz CT molecular complexity index is 567. The molecule has 20 heavy (non-hydrogen) atoms. The van der Waals surface area contributed by atoms with Gasteiger partial charge in [0.1, 0.15) is 12.4 Å². The van der Waals surface area contributed by atoms with E-state index in [0.717, 1.165) is 16.9 Å². The molecule has 4 heteroatoms. The minimum Gasteiger partial charge on any atom is -0.489 e. The van der Waals surface area contributed by atoms with Gasteiger partial charge >= 0.3 is 0 Å². The third kappa shape index (κ3) is 3.89. The third-order valence-corrected chi connectivity index (χ3v) is 3.65. The van der Waals surface area contributed by atoms with E-state index < -0.39 is 6.10 Å². The van der Waals surface area contributed by atoms with Crippen LogP contribution in [-0.4, -0.2) is 5.11 Å². The number of hydrogen-bond donors (Lipinski definition) is 1. The van der Waals surface area contributed by atoms with Crippen LogP contribution in [0.4, 0.5) is 0 Å². The molecule has 0 fully saturated rings. The lowest BCUT2D eigenvalue weighted by Gasteiger charge is -2.11. The number of benzene rings is 2. The highest BCUT2D eigenvalue weighted by Crippen LogP contribution is 2.24. The van der Waals surface area contributed by atoms with Gasteiger partial charge in [0.2, 0.25) is 0 Å². The van der Waals surface area contributed by atoms with Crippen LogP contribution in [0.2, 0.25) is 10.0 Å². The van der Waals surface area contributed by atoms with Crippen molar-refractivity contribution in [3.63, 3.8) is 0 Å². The minimum atomic E-state index is -0.422. The fraction of sp³-hybridized carbons (Fsp3) is 0.250. The normalized spacial score (nSPS) is 12.2. The first-order valence-corrected chi connectivity index (χ1v) is 7.20. The zero-order chi connectivity index (χ0) is 14.5. The van der Waals surface area contributed by atoms with Crippen molar-refractivity contribution in [1.29, 1.82) is 0 Å². The summed E-state index contributed by atoms with van der Waals surface area (Å²) in [4.78, 5) is 0. The zero-order valence-corrected chi connectivity index (χ0v) is 12.7. The maximum absolute atomic E-state index is 9.72. The second-order valence-electron chi connectivity index (χ2n) is 4.52. The van der Waals surface area contributed by atoms with Crippen LogP contribution in [0.15, 0.2) is 42.5 Å². The Morgan fingerprint density at radius 1 is 1.10 bits per heavy atom. The summed E-state index contributed by atoms with van der Waals surface area (Å²) in [6, 6.07) is 12.8. The van der Waals surface area contributed by atoms with Gasteiger partial charge in [-0.1, -0.05) is 48.3 Å². The summed E-state index contributed by atoms with van der Waals surface area (Å²) in [6.07, 6.45) is 0.274. The molecule has 0 aliphatic heterocycles. The largest absolute Gasteiger partial charge is 0.489 e. The monoisotopic (exact) mass is 310 g/mol. The molecule has 0 aliphatic rings. The molecule has 0 aliphatic carbocycles. The molecule has 0 bridgehead atoms. The molecule has 1 N–H and O–H groups in total. The van der Waals surface area contributed by atoms with Gasteiger partial charge < -0.3 is 9.84 Å². The molecule has 0 unspecified atom stereocenters. The van der Waals surface area contributed by atoms with E-state index in [2.05, 4.69) is 0 Å². The van der Waals surface area contributed by atoms with Crippen molar-refractivity contribution in [1.82, 2.24) is 0 Å². The molecule has 2 nitrogen and oxygen atoms in total. The van der Waals surface area contributed by atoms with E-state index in [1.54, 1.807) is 12.1 Å². The molecule has 0 saturated heterocycles. The van der Waals surface area contributed by atoms with E-state index in [9.17, 15) is 5.11 Å². The fourth-order valence-corrected chi connectivity index (χ4v) is 2.28. The Balaban J connectivity index is 2.00. The topological polar surface area (TPSA) is 29.5 Å². The average Bonchev–Trinajstić information content (AvgIpc) is 2.46. The van der Waals surface area contributed by atoms with Crippen LogP contribution in [0.25, 0.3) is 0 Å². The lowest BCUT2D eigenvalue weighted by molar-refractivity contribution is 0.173. The smallest absolute Gasteiger partial charge is 0.119 e. The van der Waals surface area contributed by atoms with Gasteiger partial charge in [-0.2, -0.15) is 0 Å². The van der Waals surface area contributed by atoms with E-state index in [1.807, 2.05) is 37.3 Å². The number of ether oxygens (including phenoxy) is 1. The van der Waals surface area contributed by atoms with Crippen molar-refractivity contribution < 1.29 is 9.84 Å². The van der Waals surface area contributed by atoms with Gasteiger partial charge in [0.15, 0.2) is 0 Å². The van der Waals surface area contributed by atoms with Crippen molar-refractivity contribution >= 4 is 23.2 Å². The van der Waals surface area contributed by atoms with Gasteiger partial charge in [-0.15, -0.1) is 0 Å². The summed E-state index contributed by atoms with van der Waals surface area (Å²) in [7, 11) is 0. The molecule has 2 aromatic carbocycles. The van der Waals surface area contributed by atoms with Crippen LogP contribution >= 0.6 is 23.2 Å². The lowest BCUT2D eigenvalue weighted by atomic mass is 10.1. The van der Waals surface area contributed by atoms with Gasteiger partial charge in [0, 0.05) is 15.6 Å². The number of aliphatic hydroxyl groups is 1. The van der Waals surface area contributed by atoms with Crippen molar-refractivity contribution in [2.75, 3.05) is 0 Å². The Labute approximate surface area is 128 Å². The van der Waals surface area contributed by atoms with Crippen molar-refractivity contribution in [2.24, 2.45) is 0 Å². The molecule has 0 amide bonds. The highest BCUT2D eigenvalue weighted by atomic mass is 35.5. The Kier molecular flexibility index (Phi) is 5.30. The molecule has 0 heterocycles. The van der Waals surface area contributed by atoms with Crippen LogP contribution < -0.4 is 4.74 Å². The fourth-order valence-electron chi connectivity index (χ4n) is 1.82. The van der Waals surface area contributed by atoms with E-state index in [4.69, 9.17) is 27.9 Å². The van der Waals surface area contributed by atoms with Gasteiger partial charge in [-0.25, -0.2) is 0 Å². The summed E-state index contributed by atoms with van der Waals surface area (Å²) in [5.41, 5.74) is 1.78. The van der Waals surface area contributed by atoms with Gasteiger partial charge in [-0.05, 0) is 36.2 Å². The summed E-state index contributed by atoms with van der Waals surface area (Å²) < 4.78 is 5.67. The van der Waals surface area contributed by atoms with Gasteiger partial charge in [0.05, 0.1) is 6.10 Å². The highest BCUT2D eigenvalue weighted by molar-refractivity contribution is 6.35. The summed E-state index contributed by atoms with van der Waals surface area (Å²) in [5.74, 6) is 0.739. The third-order valence-electron chi connectivity index (χ3n) is 3.06. The van der Waals surface area contributed by atoms with Crippen molar-refractivity contribution in [3.8, 4) is 5.75 Å². The van der Waals surface area contributed by atoms with Crippen LogP contribution in [0.1, 0.15) is 30.6 Å². The molecular formula is C16H16Cl2O2. The second-order valence-corrected chi connectivity index (χ2v) is 5.36. The lowest BCUT2D eigenvalue weighted by Crippen LogP contribution is -1.98. The standard InChI is InChI=1S/C16H16Cl2O2/c1-2-16(19)11-4-7-14(8-5-11)20-10-12-3-6-13(17)9-15(12)18/h3-9,16,19H,2,10H2,1H3/t16-/m1/s1. The highest BCUT2D eigenvalue weighted by Gasteiger charge is 2.05. The minimum absolute atomic E-state index is 0.381. The first kappa shape index (κ1) is 15.2. The molecule has 0 spiro atoms. The SMILES string of the molecule is CC[C@@H](O)c1ccc(OCc2ccc(Cl)cc2Cl)cc1. The zero-order valence-electron chi connectivity index (χ0n) is 11.1. The number of halogens is 2. The van der Waals surface area contributed by atoms with Crippen molar-refractivity contribution in [3.05, 3.63) is 63.6 Å². The molecule has 0 radical (unpaired) electrons. The molecule has 0 saturated carbocycles. The van der Waals surface area contributed by atoms with Gasteiger partial charge in [-0.3, -0.25) is 0 Å². The maximum atomic E-state index is 9.72.